The van der Waals surface area contributed by atoms with Gasteiger partial charge in [-0.05, 0) is 26.3 Å². The van der Waals surface area contributed by atoms with Gasteiger partial charge in [0.2, 0.25) is 0 Å². The van der Waals surface area contributed by atoms with Crippen LogP contribution < -0.4 is 5.32 Å². The Hall–Kier alpha value is -2.77. The van der Waals surface area contributed by atoms with Crippen molar-refractivity contribution >= 4 is 17.9 Å². The Labute approximate surface area is 145 Å². The number of ether oxygens (including phenoxy) is 4. The smallest absolute Gasteiger partial charge is 0.344 e. The molecule has 0 aromatic rings. The minimum Gasteiger partial charge on any atom is -0.482 e. The Morgan fingerprint density at radius 1 is 1.08 bits per heavy atom. The van der Waals surface area contributed by atoms with Crippen LogP contribution in [0.1, 0.15) is 20.3 Å². The molecule has 0 aromatic carbocycles. The molecule has 2 aliphatic rings. The third kappa shape index (κ3) is 4.01. The molecule has 0 saturated heterocycles. The number of allylic oxidation sites excluding steroid dienone is 4. The highest BCUT2D eigenvalue weighted by molar-refractivity contribution is 5.92. The number of esters is 3. The summed E-state index contributed by atoms with van der Waals surface area (Å²) in [5, 5.41) is 3.12. The fourth-order valence-electron chi connectivity index (χ4n) is 2.90. The average molecular weight is 351 g/mol. The molecule has 0 saturated carbocycles. The molecule has 1 heterocycles. The Morgan fingerprint density at radius 2 is 1.72 bits per heavy atom. The van der Waals surface area contributed by atoms with E-state index in [9.17, 15) is 14.4 Å². The zero-order valence-corrected chi connectivity index (χ0v) is 14.6. The van der Waals surface area contributed by atoms with Gasteiger partial charge in [0.25, 0.3) is 0 Å². The molecule has 1 N–H and O–H groups in total. The molecule has 0 amide bonds. The Morgan fingerprint density at radius 3 is 2.36 bits per heavy atom. The first-order valence-electron chi connectivity index (χ1n) is 7.71. The zero-order valence-electron chi connectivity index (χ0n) is 14.6. The van der Waals surface area contributed by atoms with Crippen molar-refractivity contribution in [2.75, 3.05) is 27.4 Å². The lowest BCUT2D eigenvalue weighted by atomic mass is 9.87. The van der Waals surface area contributed by atoms with E-state index in [2.05, 4.69) is 14.8 Å². The lowest BCUT2D eigenvalue weighted by Crippen LogP contribution is -2.30. The molecule has 0 fully saturated rings. The summed E-state index contributed by atoms with van der Waals surface area (Å²) in [6.45, 7) is 2.97. The summed E-state index contributed by atoms with van der Waals surface area (Å²) in [7, 11) is 2.50. The fraction of sp³-hybridized carbons (Fsp3) is 0.471. The molecule has 1 aliphatic carbocycles. The summed E-state index contributed by atoms with van der Waals surface area (Å²) in [5.74, 6) is -1.43. The van der Waals surface area contributed by atoms with Crippen LogP contribution in [0.4, 0.5) is 0 Å². The molecule has 1 aliphatic heterocycles. The lowest BCUT2D eigenvalue weighted by molar-refractivity contribution is -0.154. The van der Waals surface area contributed by atoms with Gasteiger partial charge < -0.3 is 24.3 Å². The van der Waals surface area contributed by atoms with E-state index in [0.717, 1.165) is 11.3 Å². The predicted octanol–water partition coefficient (Wildman–Crippen LogP) is 0.947. The van der Waals surface area contributed by atoms with Crippen LogP contribution in [0.5, 0.6) is 0 Å². The average Bonchev–Trinajstić information content (AvgIpc) is 3.01. The summed E-state index contributed by atoms with van der Waals surface area (Å²) >= 11 is 0. The van der Waals surface area contributed by atoms with Gasteiger partial charge in [0, 0.05) is 22.9 Å². The normalized spacial score (nSPS) is 18.9. The van der Waals surface area contributed by atoms with Crippen molar-refractivity contribution in [3.8, 4) is 0 Å². The molecule has 0 bridgehead atoms. The number of rotatable bonds is 6. The minimum atomic E-state index is -0.631. The van der Waals surface area contributed by atoms with Gasteiger partial charge >= 0.3 is 17.9 Å². The summed E-state index contributed by atoms with van der Waals surface area (Å²) in [6, 6.07) is 0. The molecular formula is C17H21NO7. The van der Waals surface area contributed by atoms with Crippen LogP contribution in [0.15, 0.2) is 34.4 Å². The van der Waals surface area contributed by atoms with Crippen LogP contribution in [-0.2, 0) is 33.3 Å². The molecule has 1 unspecified atom stereocenters. The van der Waals surface area contributed by atoms with E-state index in [0.29, 0.717) is 23.5 Å². The van der Waals surface area contributed by atoms with Crippen molar-refractivity contribution in [3.63, 3.8) is 0 Å². The first-order valence-corrected chi connectivity index (χ1v) is 7.71. The molecule has 8 heteroatoms. The zero-order chi connectivity index (χ0) is 18.6. The van der Waals surface area contributed by atoms with Gasteiger partial charge in [-0.15, -0.1) is 0 Å². The summed E-state index contributed by atoms with van der Waals surface area (Å²) in [5.41, 5.74) is 2.71. The van der Waals surface area contributed by atoms with Gasteiger partial charge in [0.05, 0.1) is 19.8 Å². The highest BCUT2D eigenvalue weighted by atomic mass is 16.6. The van der Waals surface area contributed by atoms with Crippen LogP contribution in [0.25, 0.3) is 0 Å². The number of methoxy groups -OCH3 is 2. The van der Waals surface area contributed by atoms with Gasteiger partial charge in [-0.1, -0.05) is 0 Å². The fourth-order valence-corrected chi connectivity index (χ4v) is 2.90. The number of fused-ring (bicyclic) bond motifs is 1. The highest BCUT2D eigenvalue weighted by Crippen LogP contribution is 2.42. The maximum absolute atomic E-state index is 12.4. The number of dihydropyridines is 1. The molecule has 0 aromatic heterocycles. The van der Waals surface area contributed by atoms with Gasteiger partial charge in [-0.25, -0.2) is 14.4 Å². The third-order valence-corrected chi connectivity index (χ3v) is 4.03. The molecule has 0 spiro atoms. The standard InChI is InChI=1S/C17H21NO7/c1-9-15-11(5-6-12(15)24-7-13(19)22-3)16(10(2)18-9)17(21)25-8-14(20)23-4/h6,11,18H,5,7-8H2,1-4H3. The van der Waals surface area contributed by atoms with E-state index in [1.807, 2.05) is 13.0 Å². The largest absolute Gasteiger partial charge is 0.482 e. The molecule has 136 valence electrons. The minimum absolute atomic E-state index is 0.212. The number of hydrogen-bond acceptors (Lipinski definition) is 8. The molecule has 8 nitrogen and oxygen atoms in total. The van der Waals surface area contributed by atoms with Crippen LogP contribution in [0.3, 0.4) is 0 Å². The van der Waals surface area contributed by atoms with Crippen molar-refractivity contribution in [2.45, 2.75) is 20.3 Å². The van der Waals surface area contributed by atoms with Crippen molar-refractivity contribution in [3.05, 3.63) is 34.4 Å². The first-order chi connectivity index (χ1) is 11.9. The van der Waals surface area contributed by atoms with Gasteiger partial charge in [-0.2, -0.15) is 0 Å². The topological polar surface area (TPSA) is 100 Å². The molecule has 1 atom stereocenters. The number of hydrogen-bond donors (Lipinski definition) is 1. The van der Waals surface area contributed by atoms with E-state index in [-0.39, 0.29) is 12.5 Å². The second-order valence-corrected chi connectivity index (χ2v) is 5.58. The number of carbonyl (C=O) groups is 3. The van der Waals surface area contributed by atoms with Gasteiger partial charge in [0.15, 0.2) is 13.2 Å². The van der Waals surface area contributed by atoms with E-state index in [1.165, 1.54) is 14.2 Å². The Bertz CT molecular complexity index is 687. The van der Waals surface area contributed by atoms with E-state index in [4.69, 9.17) is 9.47 Å². The second-order valence-electron chi connectivity index (χ2n) is 5.58. The van der Waals surface area contributed by atoms with Crippen LogP contribution in [-0.4, -0.2) is 45.3 Å². The molecule has 25 heavy (non-hydrogen) atoms. The first kappa shape index (κ1) is 18.6. The van der Waals surface area contributed by atoms with Crippen molar-refractivity contribution in [1.29, 1.82) is 0 Å². The monoisotopic (exact) mass is 351 g/mol. The van der Waals surface area contributed by atoms with Crippen LogP contribution >= 0.6 is 0 Å². The molecular weight excluding hydrogens is 330 g/mol. The van der Waals surface area contributed by atoms with E-state index >= 15 is 0 Å². The quantitative estimate of drug-likeness (QED) is 0.558. The molecule has 2 rings (SSSR count). The Balaban J connectivity index is 2.13. The van der Waals surface area contributed by atoms with Gasteiger partial charge in [-0.3, -0.25) is 0 Å². The Kier molecular flexibility index (Phi) is 5.84. The van der Waals surface area contributed by atoms with Crippen molar-refractivity contribution in [2.24, 2.45) is 5.92 Å². The number of carbonyl (C=O) groups excluding carboxylic acids is 3. The summed E-state index contributed by atoms with van der Waals surface area (Å²) in [6.07, 6.45) is 2.35. The SMILES string of the molecule is COC(=O)COC(=O)C1=C(C)NC(C)=C2C(OCC(=O)OC)=CCC12. The van der Waals surface area contributed by atoms with Crippen molar-refractivity contribution < 1.29 is 33.3 Å². The maximum Gasteiger partial charge on any atom is 0.344 e. The van der Waals surface area contributed by atoms with Crippen molar-refractivity contribution in [1.82, 2.24) is 5.32 Å². The summed E-state index contributed by atoms with van der Waals surface area (Å²) < 4.78 is 19.6. The van der Waals surface area contributed by atoms with Gasteiger partial charge in [0.1, 0.15) is 5.76 Å². The second kappa shape index (κ2) is 7.87. The predicted molar refractivity (Wildman–Crippen MR) is 85.7 cm³/mol. The third-order valence-electron chi connectivity index (χ3n) is 4.03. The lowest BCUT2D eigenvalue weighted by Gasteiger charge is -2.28. The van der Waals surface area contributed by atoms with E-state index < -0.39 is 24.5 Å². The van der Waals surface area contributed by atoms with E-state index in [1.54, 1.807) is 6.92 Å². The van der Waals surface area contributed by atoms with Crippen LogP contribution in [0, 0.1) is 5.92 Å². The maximum atomic E-state index is 12.4. The number of nitrogens with one attached hydrogen (secondary N) is 1. The van der Waals surface area contributed by atoms with Crippen LogP contribution in [0.2, 0.25) is 0 Å². The highest BCUT2D eigenvalue weighted by Gasteiger charge is 2.38. The molecule has 0 radical (unpaired) electrons. The summed E-state index contributed by atoms with van der Waals surface area (Å²) in [4.78, 5) is 34.9.